The number of rotatable bonds is 19. The lowest BCUT2D eigenvalue weighted by Gasteiger charge is -2.27. The number of aliphatic hydroxyl groups is 4. The lowest BCUT2D eigenvalue weighted by molar-refractivity contribution is -0.120. The largest absolute Gasteiger partial charge is 0.394 e. The summed E-state index contributed by atoms with van der Waals surface area (Å²) in [6.45, 7) is 6.32. The van der Waals surface area contributed by atoms with Gasteiger partial charge in [-0.25, -0.2) is 0 Å². The van der Waals surface area contributed by atoms with Gasteiger partial charge in [0.05, 0.1) is 24.9 Å². The minimum Gasteiger partial charge on any atom is -0.394 e. The van der Waals surface area contributed by atoms with Gasteiger partial charge in [-0.3, -0.25) is 4.79 Å². The summed E-state index contributed by atoms with van der Waals surface area (Å²) in [5.74, 6) is -0.329. The van der Waals surface area contributed by atoms with Crippen LogP contribution in [0.15, 0.2) is 0 Å². The van der Waals surface area contributed by atoms with Gasteiger partial charge in [0.1, 0.15) is 6.10 Å². The second-order valence-corrected chi connectivity index (χ2v) is 7.62. The Labute approximate surface area is 170 Å². The first-order valence-corrected chi connectivity index (χ1v) is 10.8. The van der Waals surface area contributed by atoms with Gasteiger partial charge < -0.3 is 36.4 Å². The summed E-state index contributed by atoms with van der Waals surface area (Å²) in [5, 5.41) is 41.6. The lowest BCUT2D eigenvalue weighted by Crippen LogP contribution is -2.43. The van der Waals surface area contributed by atoms with Gasteiger partial charge in [0.25, 0.3) is 0 Å². The van der Waals surface area contributed by atoms with Crippen molar-refractivity contribution < 1.29 is 25.2 Å². The molecule has 0 aliphatic heterocycles. The van der Waals surface area contributed by atoms with E-state index in [2.05, 4.69) is 17.1 Å². The molecule has 0 spiro atoms. The maximum Gasteiger partial charge on any atom is 0.234 e. The zero-order valence-electron chi connectivity index (χ0n) is 17.7. The van der Waals surface area contributed by atoms with E-state index < -0.39 is 24.9 Å². The molecule has 0 saturated heterocycles. The standard InChI is InChI=1S/C20H43N3O5/c1-3-5-6-7-11-23(14-16(25)13-18(26)19(27)15-24)12-8-10-22-17(9-4-2)20(21)28/h16-19,22,24-27H,3-15H2,1-2H3,(H2,21,28)/t16-,17+,18+,19-/m1/s1. The Morgan fingerprint density at radius 2 is 1.68 bits per heavy atom. The maximum atomic E-state index is 11.4. The Bertz CT molecular complexity index is 387. The van der Waals surface area contributed by atoms with E-state index in [-0.39, 0.29) is 18.4 Å². The van der Waals surface area contributed by atoms with Gasteiger partial charge >= 0.3 is 0 Å². The molecule has 0 aliphatic carbocycles. The Balaban J connectivity index is 4.43. The van der Waals surface area contributed by atoms with E-state index in [9.17, 15) is 20.1 Å². The highest BCUT2D eigenvalue weighted by Gasteiger charge is 2.21. The van der Waals surface area contributed by atoms with Crippen LogP contribution in [0.25, 0.3) is 0 Å². The smallest absolute Gasteiger partial charge is 0.234 e. The van der Waals surface area contributed by atoms with Gasteiger partial charge in [-0.2, -0.15) is 0 Å². The zero-order valence-corrected chi connectivity index (χ0v) is 17.7. The van der Waals surface area contributed by atoms with Crippen molar-refractivity contribution in [2.45, 2.75) is 89.6 Å². The summed E-state index contributed by atoms with van der Waals surface area (Å²) >= 11 is 0. The average molecular weight is 406 g/mol. The molecule has 0 aromatic carbocycles. The topological polar surface area (TPSA) is 139 Å². The van der Waals surface area contributed by atoms with Gasteiger partial charge in [-0.05, 0) is 38.9 Å². The van der Waals surface area contributed by atoms with E-state index in [1.54, 1.807) is 0 Å². The predicted molar refractivity (Wildman–Crippen MR) is 111 cm³/mol. The highest BCUT2D eigenvalue weighted by Crippen LogP contribution is 2.08. The van der Waals surface area contributed by atoms with Gasteiger partial charge in [-0.1, -0.05) is 39.5 Å². The molecule has 4 atom stereocenters. The van der Waals surface area contributed by atoms with Crippen LogP contribution in [-0.4, -0.2) is 88.4 Å². The molecule has 0 unspecified atom stereocenters. The Hall–Kier alpha value is -0.770. The number of carbonyl (C=O) groups excluding carboxylic acids is 1. The molecule has 0 bridgehead atoms. The molecule has 8 nitrogen and oxygen atoms in total. The molecule has 0 saturated carbocycles. The van der Waals surface area contributed by atoms with Crippen molar-refractivity contribution in [2.75, 3.05) is 32.8 Å². The van der Waals surface area contributed by atoms with Crippen LogP contribution in [0.2, 0.25) is 0 Å². The summed E-state index contributed by atoms with van der Waals surface area (Å²) < 4.78 is 0. The van der Waals surface area contributed by atoms with Crippen LogP contribution in [-0.2, 0) is 4.79 Å². The molecule has 0 aromatic rings. The number of aliphatic hydroxyl groups excluding tert-OH is 4. The molecule has 0 heterocycles. The van der Waals surface area contributed by atoms with Crippen LogP contribution >= 0.6 is 0 Å². The van der Waals surface area contributed by atoms with E-state index in [4.69, 9.17) is 10.8 Å². The Kier molecular flexibility index (Phi) is 16.6. The third kappa shape index (κ3) is 13.4. The van der Waals surface area contributed by atoms with Crippen molar-refractivity contribution in [3.05, 3.63) is 0 Å². The van der Waals surface area contributed by atoms with Crippen molar-refractivity contribution in [1.29, 1.82) is 0 Å². The number of hydrogen-bond acceptors (Lipinski definition) is 7. The summed E-state index contributed by atoms with van der Waals surface area (Å²) in [4.78, 5) is 13.6. The molecule has 0 rings (SSSR count). The van der Waals surface area contributed by atoms with E-state index in [1.807, 2.05) is 6.92 Å². The zero-order chi connectivity index (χ0) is 21.4. The number of carbonyl (C=O) groups is 1. The van der Waals surface area contributed by atoms with Gasteiger partial charge in [0.2, 0.25) is 5.91 Å². The van der Waals surface area contributed by atoms with Crippen molar-refractivity contribution in [3.63, 3.8) is 0 Å². The van der Waals surface area contributed by atoms with Crippen LogP contribution < -0.4 is 11.1 Å². The first-order valence-electron chi connectivity index (χ1n) is 10.8. The minimum absolute atomic E-state index is 0.0195. The second-order valence-electron chi connectivity index (χ2n) is 7.62. The van der Waals surface area contributed by atoms with E-state index in [0.717, 1.165) is 51.6 Å². The van der Waals surface area contributed by atoms with Crippen LogP contribution in [0, 0.1) is 0 Å². The van der Waals surface area contributed by atoms with E-state index in [0.29, 0.717) is 13.1 Å². The number of nitrogens with two attached hydrogens (primary N) is 1. The third-order valence-electron chi connectivity index (χ3n) is 4.90. The second kappa shape index (κ2) is 17.1. The molecular formula is C20H43N3O5. The number of nitrogens with zero attached hydrogens (tertiary/aromatic N) is 1. The molecule has 1 amide bonds. The number of hydrogen-bond donors (Lipinski definition) is 6. The third-order valence-corrected chi connectivity index (χ3v) is 4.90. The fourth-order valence-corrected chi connectivity index (χ4v) is 3.20. The fraction of sp³-hybridized carbons (Fsp3) is 0.950. The molecule has 7 N–H and O–H groups in total. The fourth-order valence-electron chi connectivity index (χ4n) is 3.20. The summed E-state index contributed by atoms with van der Waals surface area (Å²) in [6, 6.07) is -0.302. The molecule has 0 fully saturated rings. The lowest BCUT2D eigenvalue weighted by atomic mass is 10.1. The van der Waals surface area contributed by atoms with Crippen LogP contribution in [0.1, 0.15) is 65.2 Å². The normalized spacial score (nSPS) is 16.1. The molecule has 28 heavy (non-hydrogen) atoms. The van der Waals surface area contributed by atoms with E-state index >= 15 is 0 Å². The minimum atomic E-state index is -1.24. The van der Waals surface area contributed by atoms with Crippen LogP contribution in [0.3, 0.4) is 0 Å². The first-order chi connectivity index (χ1) is 13.3. The maximum absolute atomic E-state index is 11.4. The molecule has 0 aliphatic rings. The van der Waals surface area contributed by atoms with Gasteiger partial charge in [0, 0.05) is 13.0 Å². The molecular weight excluding hydrogens is 362 g/mol. The highest BCUT2D eigenvalue weighted by atomic mass is 16.4. The number of primary amides is 1. The number of nitrogens with one attached hydrogen (secondary N) is 1. The predicted octanol–water partition coefficient (Wildman–Crippen LogP) is -0.0325. The Morgan fingerprint density at radius 1 is 1.00 bits per heavy atom. The van der Waals surface area contributed by atoms with Gasteiger partial charge in [-0.15, -0.1) is 0 Å². The Morgan fingerprint density at radius 3 is 2.25 bits per heavy atom. The summed E-state index contributed by atoms with van der Waals surface area (Å²) in [5.41, 5.74) is 5.40. The summed E-state index contributed by atoms with van der Waals surface area (Å²) in [7, 11) is 0. The SMILES string of the molecule is CCCCCCN(CCCN[C@@H](CCC)C(N)=O)C[C@H](O)C[C@H](O)[C@H](O)CO. The summed E-state index contributed by atoms with van der Waals surface area (Å²) in [6.07, 6.45) is 3.78. The molecule has 168 valence electrons. The van der Waals surface area contributed by atoms with Crippen LogP contribution in [0.4, 0.5) is 0 Å². The van der Waals surface area contributed by atoms with Crippen molar-refractivity contribution in [2.24, 2.45) is 5.73 Å². The van der Waals surface area contributed by atoms with E-state index in [1.165, 1.54) is 6.42 Å². The highest BCUT2D eigenvalue weighted by molar-refractivity contribution is 5.79. The molecule has 8 heteroatoms. The van der Waals surface area contributed by atoms with Gasteiger partial charge in [0.15, 0.2) is 0 Å². The van der Waals surface area contributed by atoms with Crippen molar-refractivity contribution in [1.82, 2.24) is 10.2 Å². The quantitative estimate of drug-likeness (QED) is 0.166. The molecule has 0 aromatic heterocycles. The monoisotopic (exact) mass is 405 g/mol. The molecule has 0 radical (unpaired) electrons. The van der Waals surface area contributed by atoms with Crippen molar-refractivity contribution >= 4 is 5.91 Å². The first kappa shape index (κ1) is 27.2. The average Bonchev–Trinajstić information content (AvgIpc) is 2.66. The number of unbranched alkanes of at least 4 members (excludes halogenated alkanes) is 3. The van der Waals surface area contributed by atoms with Crippen molar-refractivity contribution in [3.8, 4) is 0 Å². The van der Waals surface area contributed by atoms with Crippen LogP contribution in [0.5, 0.6) is 0 Å². The number of amides is 1.